The molecule has 0 aliphatic heterocycles. The standard InChI is InChI=1S/C20H26N2O5S/c1-5-26-18-11-10-15(13-19(18)27-6-2)14(3)22-20(23)16-8-7-9-17(12-16)28(24,25)21-4/h7-14,21H,5-6H2,1-4H3,(H,22,23). The van der Waals surface area contributed by atoms with Crippen LogP contribution >= 0.6 is 0 Å². The lowest BCUT2D eigenvalue weighted by atomic mass is 10.1. The molecule has 0 radical (unpaired) electrons. The molecule has 0 bridgehead atoms. The maximum Gasteiger partial charge on any atom is 0.251 e. The molecule has 0 spiro atoms. The van der Waals surface area contributed by atoms with E-state index >= 15 is 0 Å². The average molecular weight is 407 g/mol. The highest BCUT2D eigenvalue weighted by molar-refractivity contribution is 7.89. The number of rotatable bonds is 9. The number of carbonyl (C=O) groups excluding carboxylic acids is 1. The Morgan fingerprint density at radius 1 is 1.04 bits per heavy atom. The Bertz CT molecular complexity index is 928. The molecule has 152 valence electrons. The summed E-state index contributed by atoms with van der Waals surface area (Å²) < 4.78 is 37.3. The lowest BCUT2D eigenvalue weighted by molar-refractivity contribution is 0.0939. The number of ether oxygens (including phenoxy) is 2. The topological polar surface area (TPSA) is 93.7 Å². The minimum absolute atomic E-state index is 0.0370. The van der Waals surface area contributed by atoms with Gasteiger partial charge in [-0.2, -0.15) is 0 Å². The molecule has 0 heterocycles. The largest absolute Gasteiger partial charge is 0.490 e. The van der Waals surface area contributed by atoms with E-state index in [0.717, 1.165) is 5.56 Å². The van der Waals surface area contributed by atoms with Crippen molar-refractivity contribution in [1.29, 1.82) is 0 Å². The quantitative estimate of drug-likeness (QED) is 0.668. The van der Waals surface area contributed by atoms with Crippen molar-refractivity contribution < 1.29 is 22.7 Å². The highest BCUT2D eigenvalue weighted by atomic mass is 32.2. The van der Waals surface area contributed by atoms with Gasteiger partial charge in [-0.15, -0.1) is 0 Å². The van der Waals surface area contributed by atoms with Gasteiger partial charge in [-0.3, -0.25) is 4.79 Å². The van der Waals surface area contributed by atoms with Crippen LogP contribution in [-0.2, 0) is 10.0 Å². The Balaban J connectivity index is 2.20. The fraction of sp³-hybridized carbons (Fsp3) is 0.350. The third-order valence-corrected chi connectivity index (χ3v) is 5.50. The molecule has 0 aliphatic carbocycles. The summed E-state index contributed by atoms with van der Waals surface area (Å²) in [5, 5.41) is 2.88. The van der Waals surface area contributed by atoms with Crippen LogP contribution in [0.15, 0.2) is 47.4 Å². The number of carbonyl (C=O) groups is 1. The Kier molecular flexibility index (Phi) is 7.42. The fourth-order valence-electron chi connectivity index (χ4n) is 2.62. The average Bonchev–Trinajstić information content (AvgIpc) is 2.69. The van der Waals surface area contributed by atoms with Crippen LogP contribution in [0.4, 0.5) is 0 Å². The number of benzene rings is 2. The van der Waals surface area contributed by atoms with E-state index in [-0.39, 0.29) is 22.4 Å². The van der Waals surface area contributed by atoms with Crippen molar-refractivity contribution in [3.63, 3.8) is 0 Å². The van der Waals surface area contributed by atoms with Crippen LogP contribution in [0.2, 0.25) is 0 Å². The molecule has 2 N–H and O–H groups in total. The van der Waals surface area contributed by atoms with Gasteiger partial charge in [-0.05, 0) is 63.7 Å². The van der Waals surface area contributed by atoms with Crippen LogP contribution in [0.1, 0.15) is 42.7 Å². The van der Waals surface area contributed by atoms with Crippen molar-refractivity contribution in [3.05, 3.63) is 53.6 Å². The van der Waals surface area contributed by atoms with Crippen molar-refractivity contribution in [3.8, 4) is 11.5 Å². The molecule has 1 amide bonds. The Hall–Kier alpha value is -2.58. The molecule has 2 aromatic carbocycles. The predicted octanol–water partition coefficient (Wildman–Crippen LogP) is 2.88. The zero-order chi connectivity index (χ0) is 20.7. The number of amides is 1. The molecule has 2 aromatic rings. The maximum atomic E-state index is 12.6. The summed E-state index contributed by atoms with van der Waals surface area (Å²) in [7, 11) is -2.29. The molecule has 0 aromatic heterocycles. The van der Waals surface area contributed by atoms with E-state index in [1.807, 2.05) is 39.0 Å². The van der Waals surface area contributed by atoms with E-state index in [4.69, 9.17) is 9.47 Å². The Morgan fingerprint density at radius 2 is 1.71 bits per heavy atom. The van der Waals surface area contributed by atoms with Gasteiger partial charge in [0.15, 0.2) is 11.5 Å². The van der Waals surface area contributed by atoms with Gasteiger partial charge < -0.3 is 14.8 Å². The molecule has 0 saturated heterocycles. The van der Waals surface area contributed by atoms with Crippen LogP contribution in [-0.4, -0.2) is 34.6 Å². The first-order valence-electron chi connectivity index (χ1n) is 9.06. The summed E-state index contributed by atoms with van der Waals surface area (Å²) in [5.41, 5.74) is 1.11. The second kappa shape index (κ2) is 9.57. The van der Waals surface area contributed by atoms with Gasteiger partial charge in [-0.1, -0.05) is 12.1 Å². The molecule has 28 heavy (non-hydrogen) atoms. The molecule has 1 unspecified atom stereocenters. The van der Waals surface area contributed by atoms with E-state index < -0.39 is 10.0 Å². The van der Waals surface area contributed by atoms with Crippen LogP contribution in [0.5, 0.6) is 11.5 Å². The van der Waals surface area contributed by atoms with Crippen LogP contribution in [0.3, 0.4) is 0 Å². The molecule has 0 saturated carbocycles. The number of sulfonamides is 1. The third kappa shape index (κ3) is 5.24. The Morgan fingerprint density at radius 3 is 2.36 bits per heavy atom. The first-order valence-corrected chi connectivity index (χ1v) is 10.5. The normalized spacial score (nSPS) is 12.3. The number of nitrogens with one attached hydrogen (secondary N) is 2. The van der Waals surface area contributed by atoms with E-state index in [1.54, 1.807) is 6.07 Å². The molecule has 1 atom stereocenters. The smallest absolute Gasteiger partial charge is 0.251 e. The van der Waals surface area contributed by atoms with Crippen molar-refractivity contribution in [2.75, 3.05) is 20.3 Å². The second-order valence-corrected chi connectivity index (χ2v) is 7.89. The zero-order valence-corrected chi connectivity index (χ0v) is 17.3. The third-order valence-electron chi connectivity index (χ3n) is 4.09. The van der Waals surface area contributed by atoms with Crippen molar-refractivity contribution >= 4 is 15.9 Å². The molecular weight excluding hydrogens is 380 g/mol. The molecular formula is C20H26N2O5S. The lowest BCUT2D eigenvalue weighted by Crippen LogP contribution is -2.27. The summed E-state index contributed by atoms with van der Waals surface area (Å²) in [4.78, 5) is 12.6. The fourth-order valence-corrected chi connectivity index (χ4v) is 3.40. The highest BCUT2D eigenvalue weighted by Crippen LogP contribution is 2.30. The number of hydrogen-bond acceptors (Lipinski definition) is 5. The summed E-state index contributed by atoms with van der Waals surface area (Å²) in [6, 6.07) is 11.1. The first kappa shape index (κ1) is 21.7. The van der Waals surface area contributed by atoms with Crippen LogP contribution in [0, 0.1) is 0 Å². The first-order chi connectivity index (χ1) is 13.3. The monoisotopic (exact) mass is 406 g/mol. The SMILES string of the molecule is CCOc1ccc(C(C)NC(=O)c2cccc(S(=O)(=O)NC)c2)cc1OCC. The van der Waals surface area contributed by atoms with Crippen molar-refractivity contribution in [1.82, 2.24) is 10.0 Å². The second-order valence-electron chi connectivity index (χ2n) is 6.00. The lowest BCUT2D eigenvalue weighted by Gasteiger charge is -2.18. The molecule has 0 fully saturated rings. The maximum absolute atomic E-state index is 12.6. The summed E-state index contributed by atoms with van der Waals surface area (Å²) in [6.45, 7) is 6.65. The number of hydrogen-bond donors (Lipinski definition) is 2. The molecule has 2 rings (SSSR count). The van der Waals surface area contributed by atoms with Crippen LogP contribution < -0.4 is 19.5 Å². The zero-order valence-electron chi connectivity index (χ0n) is 16.5. The van der Waals surface area contributed by atoms with E-state index in [2.05, 4.69) is 10.0 Å². The molecule has 0 aliphatic rings. The molecule has 8 heteroatoms. The summed E-state index contributed by atoms with van der Waals surface area (Å²) in [5.74, 6) is 0.897. The highest BCUT2D eigenvalue weighted by Gasteiger charge is 2.17. The van der Waals surface area contributed by atoms with E-state index in [9.17, 15) is 13.2 Å². The van der Waals surface area contributed by atoms with Crippen molar-refractivity contribution in [2.45, 2.75) is 31.7 Å². The predicted molar refractivity (Wildman–Crippen MR) is 107 cm³/mol. The van der Waals surface area contributed by atoms with Gasteiger partial charge in [0.05, 0.1) is 24.2 Å². The molecule has 7 nitrogen and oxygen atoms in total. The van der Waals surface area contributed by atoms with E-state index in [1.165, 1.54) is 25.2 Å². The van der Waals surface area contributed by atoms with Gasteiger partial charge in [0.2, 0.25) is 10.0 Å². The van der Waals surface area contributed by atoms with Gasteiger partial charge >= 0.3 is 0 Å². The Labute approximate surface area is 166 Å². The van der Waals surface area contributed by atoms with Crippen molar-refractivity contribution in [2.24, 2.45) is 0 Å². The van der Waals surface area contributed by atoms with Gasteiger partial charge in [0.25, 0.3) is 5.91 Å². The minimum Gasteiger partial charge on any atom is -0.490 e. The van der Waals surface area contributed by atoms with Gasteiger partial charge in [-0.25, -0.2) is 13.1 Å². The van der Waals surface area contributed by atoms with E-state index in [0.29, 0.717) is 24.7 Å². The van der Waals surface area contributed by atoms with Crippen LogP contribution in [0.25, 0.3) is 0 Å². The summed E-state index contributed by atoms with van der Waals surface area (Å²) in [6.07, 6.45) is 0. The van der Waals surface area contributed by atoms with Gasteiger partial charge in [0, 0.05) is 5.56 Å². The minimum atomic E-state index is -3.62. The summed E-state index contributed by atoms with van der Waals surface area (Å²) >= 11 is 0. The van der Waals surface area contributed by atoms with Gasteiger partial charge in [0.1, 0.15) is 0 Å².